The number of anilines is 1. The van der Waals surface area contributed by atoms with Crippen molar-refractivity contribution in [3.8, 4) is 0 Å². The number of nitrogens with one attached hydrogen (secondary N) is 1. The third-order valence-electron chi connectivity index (χ3n) is 4.18. The maximum absolute atomic E-state index is 12.4. The zero-order chi connectivity index (χ0) is 15.8. The van der Waals surface area contributed by atoms with Gasteiger partial charge in [-0.1, -0.05) is 45.4 Å². The van der Waals surface area contributed by atoms with E-state index >= 15 is 0 Å². The number of carbonyl (C=O) groups excluding carboxylic acids is 1. The Morgan fingerprint density at radius 3 is 2.67 bits per heavy atom. The van der Waals surface area contributed by atoms with E-state index < -0.39 is 0 Å². The molecule has 21 heavy (non-hydrogen) atoms. The van der Waals surface area contributed by atoms with Crippen LogP contribution in [0.4, 0.5) is 5.69 Å². The minimum absolute atomic E-state index is 0.0404. The Bertz CT molecular complexity index is 676. The fraction of sp³-hybridized carbons (Fsp3) is 0.438. The van der Waals surface area contributed by atoms with Gasteiger partial charge in [-0.05, 0) is 23.5 Å². The van der Waals surface area contributed by atoms with Gasteiger partial charge in [0.15, 0.2) is 0 Å². The molecule has 0 unspecified atom stereocenters. The first-order valence-electron chi connectivity index (χ1n) is 6.98. The summed E-state index contributed by atoms with van der Waals surface area (Å²) in [5.74, 6) is 0.352. The predicted molar refractivity (Wildman–Crippen MR) is 92.2 cm³/mol. The van der Waals surface area contributed by atoms with Gasteiger partial charge < -0.3 is 11.1 Å². The SMILES string of the molecule is CC(C)C(C)(C)CNC(=O)c1sc2cccc(Cl)c2c1N. The number of nitrogen functional groups attached to an aromatic ring is 1. The zero-order valence-electron chi connectivity index (χ0n) is 12.8. The van der Waals surface area contributed by atoms with Gasteiger partial charge >= 0.3 is 0 Å². The number of hydrogen-bond acceptors (Lipinski definition) is 3. The average molecular weight is 325 g/mol. The average Bonchev–Trinajstić information content (AvgIpc) is 2.75. The highest BCUT2D eigenvalue weighted by atomic mass is 35.5. The standard InChI is InChI=1S/C16H21ClN2OS/c1-9(2)16(3,4)8-19-15(20)14-13(18)12-10(17)6-5-7-11(12)21-14/h5-7,9H,8,18H2,1-4H3,(H,19,20). The lowest BCUT2D eigenvalue weighted by atomic mass is 9.81. The van der Waals surface area contributed by atoms with Crippen LogP contribution in [0.15, 0.2) is 18.2 Å². The molecule has 0 spiro atoms. The van der Waals surface area contributed by atoms with Crippen molar-refractivity contribution in [3.63, 3.8) is 0 Å². The van der Waals surface area contributed by atoms with Crippen LogP contribution in [0.2, 0.25) is 5.02 Å². The molecule has 0 saturated carbocycles. The third-order valence-corrected chi connectivity index (χ3v) is 5.66. The van der Waals surface area contributed by atoms with Gasteiger partial charge in [-0.3, -0.25) is 4.79 Å². The van der Waals surface area contributed by atoms with Gasteiger partial charge in [0.2, 0.25) is 0 Å². The molecule has 3 nitrogen and oxygen atoms in total. The Labute approximate surface area is 134 Å². The molecule has 0 saturated heterocycles. The van der Waals surface area contributed by atoms with Crippen molar-refractivity contribution < 1.29 is 4.79 Å². The molecule has 0 aliphatic heterocycles. The highest BCUT2D eigenvalue weighted by Gasteiger charge is 2.24. The Morgan fingerprint density at radius 1 is 1.43 bits per heavy atom. The molecule has 2 rings (SSSR count). The first-order chi connectivity index (χ1) is 9.74. The second kappa shape index (κ2) is 5.85. The fourth-order valence-electron chi connectivity index (χ4n) is 1.89. The summed E-state index contributed by atoms with van der Waals surface area (Å²) < 4.78 is 0.938. The molecule has 0 bridgehead atoms. The van der Waals surface area contributed by atoms with E-state index in [4.69, 9.17) is 17.3 Å². The highest BCUT2D eigenvalue weighted by molar-refractivity contribution is 7.21. The number of halogens is 1. The van der Waals surface area contributed by atoms with Crippen LogP contribution in [-0.2, 0) is 0 Å². The second-order valence-corrected chi connectivity index (χ2v) is 7.74. The van der Waals surface area contributed by atoms with Crippen LogP contribution >= 0.6 is 22.9 Å². The third kappa shape index (κ3) is 3.16. The molecule has 5 heteroatoms. The summed E-state index contributed by atoms with van der Waals surface area (Å²) in [6.07, 6.45) is 0. The van der Waals surface area contributed by atoms with E-state index in [0.717, 1.165) is 10.1 Å². The summed E-state index contributed by atoms with van der Waals surface area (Å²) in [7, 11) is 0. The van der Waals surface area contributed by atoms with Crippen LogP contribution in [0.3, 0.4) is 0 Å². The van der Waals surface area contributed by atoms with Crippen LogP contribution in [-0.4, -0.2) is 12.5 Å². The summed E-state index contributed by atoms with van der Waals surface area (Å²) in [6, 6.07) is 5.58. The van der Waals surface area contributed by atoms with Crippen molar-refractivity contribution in [1.82, 2.24) is 5.32 Å². The lowest BCUT2D eigenvalue weighted by molar-refractivity contribution is 0.0930. The van der Waals surface area contributed by atoms with Crippen molar-refractivity contribution in [1.29, 1.82) is 0 Å². The van der Waals surface area contributed by atoms with E-state index in [9.17, 15) is 4.79 Å². The van der Waals surface area contributed by atoms with Crippen LogP contribution < -0.4 is 11.1 Å². The molecule has 1 heterocycles. The minimum atomic E-state index is -0.126. The summed E-state index contributed by atoms with van der Waals surface area (Å²) in [6.45, 7) is 9.20. The minimum Gasteiger partial charge on any atom is -0.397 e. The Balaban J connectivity index is 2.25. The molecule has 1 aromatic carbocycles. The summed E-state index contributed by atoms with van der Waals surface area (Å²) >= 11 is 7.55. The molecular formula is C16H21ClN2OS. The van der Waals surface area contributed by atoms with Crippen molar-refractivity contribution in [2.45, 2.75) is 27.7 Å². The second-order valence-electron chi connectivity index (χ2n) is 6.28. The monoisotopic (exact) mass is 324 g/mol. The van der Waals surface area contributed by atoms with E-state index in [-0.39, 0.29) is 11.3 Å². The van der Waals surface area contributed by atoms with E-state index in [2.05, 4.69) is 33.0 Å². The lowest BCUT2D eigenvalue weighted by Crippen LogP contribution is -2.36. The number of amides is 1. The normalized spacial score (nSPS) is 12.1. The predicted octanol–water partition coefficient (Wildman–Crippen LogP) is 4.55. The summed E-state index contributed by atoms with van der Waals surface area (Å²) in [4.78, 5) is 12.9. The van der Waals surface area contributed by atoms with Gasteiger partial charge in [-0.15, -0.1) is 11.3 Å². The highest BCUT2D eigenvalue weighted by Crippen LogP contribution is 2.38. The molecular weight excluding hydrogens is 304 g/mol. The fourth-order valence-corrected chi connectivity index (χ4v) is 3.29. The molecule has 2 aromatic rings. The van der Waals surface area contributed by atoms with Crippen LogP contribution in [0.1, 0.15) is 37.4 Å². The largest absolute Gasteiger partial charge is 0.397 e. The smallest absolute Gasteiger partial charge is 0.263 e. The number of thiophene rings is 1. The topological polar surface area (TPSA) is 55.1 Å². The number of benzene rings is 1. The Morgan fingerprint density at radius 2 is 2.10 bits per heavy atom. The Hall–Kier alpha value is -1.26. The van der Waals surface area contributed by atoms with Gasteiger partial charge in [-0.25, -0.2) is 0 Å². The number of carbonyl (C=O) groups is 1. The molecule has 0 aliphatic carbocycles. The van der Waals surface area contributed by atoms with Crippen LogP contribution in [0.5, 0.6) is 0 Å². The molecule has 0 aliphatic rings. The van der Waals surface area contributed by atoms with Gasteiger partial charge in [0.25, 0.3) is 5.91 Å². The Kier molecular flexibility index (Phi) is 4.49. The first kappa shape index (κ1) is 16.1. The maximum Gasteiger partial charge on any atom is 0.263 e. The van der Waals surface area contributed by atoms with Gasteiger partial charge in [0.05, 0.1) is 10.7 Å². The van der Waals surface area contributed by atoms with Crippen molar-refractivity contribution in [2.75, 3.05) is 12.3 Å². The molecule has 0 fully saturated rings. The van der Waals surface area contributed by atoms with Gasteiger partial charge in [0.1, 0.15) is 4.88 Å². The van der Waals surface area contributed by atoms with E-state index in [1.165, 1.54) is 11.3 Å². The van der Waals surface area contributed by atoms with E-state index in [1.54, 1.807) is 6.07 Å². The number of hydrogen-bond donors (Lipinski definition) is 2. The molecule has 114 valence electrons. The number of fused-ring (bicyclic) bond motifs is 1. The summed E-state index contributed by atoms with van der Waals surface area (Å²) in [5, 5.41) is 4.35. The van der Waals surface area contributed by atoms with Crippen molar-refractivity contribution in [2.24, 2.45) is 11.3 Å². The van der Waals surface area contributed by atoms with Crippen molar-refractivity contribution in [3.05, 3.63) is 28.1 Å². The maximum atomic E-state index is 12.4. The first-order valence-corrected chi connectivity index (χ1v) is 8.18. The van der Waals surface area contributed by atoms with E-state index in [0.29, 0.717) is 28.0 Å². The number of nitrogens with two attached hydrogens (primary N) is 1. The molecule has 0 radical (unpaired) electrons. The molecule has 1 aromatic heterocycles. The quantitative estimate of drug-likeness (QED) is 0.866. The van der Waals surface area contributed by atoms with E-state index in [1.807, 2.05) is 12.1 Å². The van der Waals surface area contributed by atoms with Gasteiger partial charge in [0, 0.05) is 16.6 Å². The van der Waals surface area contributed by atoms with Gasteiger partial charge in [-0.2, -0.15) is 0 Å². The lowest BCUT2D eigenvalue weighted by Gasteiger charge is -2.29. The molecule has 0 atom stereocenters. The van der Waals surface area contributed by atoms with Crippen LogP contribution in [0.25, 0.3) is 10.1 Å². The molecule has 1 amide bonds. The summed E-state index contributed by atoms with van der Waals surface area (Å²) in [5.41, 5.74) is 6.62. The zero-order valence-corrected chi connectivity index (χ0v) is 14.4. The van der Waals surface area contributed by atoms with Crippen LogP contribution in [0, 0.1) is 11.3 Å². The molecule has 3 N–H and O–H groups in total. The van der Waals surface area contributed by atoms with Crippen molar-refractivity contribution >= 4 is 44.6 Å². The number of rotatable bonds is 4.